The summed E-state index contributed by atoms with van der Waals surface area (Å²) in [4.78, 5) is 13.4. The molecule has 1 unspecified atom stereocenters. The first-order valence-electron chi connectivity index (χ1n) is 10.5. The second-order valence-electron chi connectivity index (χ2n) is 7.15. The van der Waals surface area contributed by atoms with Crippen molar-refractivity contribution in [3.63, 3.8) is 0 Å². The highest BCUT2D eigenvalue weighted by molar-refractivity contribution is 5.85. The molecule has 0 spiro atoms. The van der Waals surface area contributed by atoms with Gasteiger partial charge < -0.3 is 16.6 Å². The molecule has 5 N–H and O–H groups in total. The van der Waals surface area contributed by atoms with Gasteiger partial charge >= 0.3 is 5.97 Å². The van der Waals surface area contributed by atoms with Crippen molar-refractivity contribution in [3.8, 4) is 0 Å². The minimum atomic E-state index is -0.745. The summed E-state index contributed by atoms with van der Waals surface area (Å²) in [6.45, 7) is 4.41. The van der Waals surface area contributed by atoms with Crippen LogP contribution in [0, 0.1) is 0 Å². The number of carboxylic acids is 1. The molecule has 5 nitrogen and oxygen atoms in total. The zero-order valence-corrected chi connectivity index (χ0v) is 17.8. The first kappa shape index (κ1) is 27.9. The van der Waals surface area contributed by atoms with Crippen molar-refractivity contribution in [2.24, 2.45) is 11.5 Å². The molecule has 6 heteroatoms. The smallest absolute Gasteiger partial charge is 0.320 e. The molecule has 0 bridgehead atoms. The van der Waals surface area contributed by atoms with Crippen LogP contribution in [-0.2, 0) is 4.79 Å². The third-order valence-corrected chi connectivity index (χ3v) is 4.89. The number of halogens is 1. The van der Waals surface area contributed by atoms with Crippen LogP contribution in [0.5, 0.6) is 0 Å². The zero-order valence-electron chi connectivity index (χ0n) is 17.0. The molecule has 0 aliphatic heterocycles. The zero-order chi connectivity index (χ0) is 18.8. The van der Waals surface area contributed by atoms with Crippen molar-refractivity contribution >= 4 is 18.4 Å². The summed E-state index contributed by atoms with van der Waals surface area (Å²) in [5.41, 5.74) is 11.2. The van der Waals surface area contributed by atoms with E-state index in [0.717, 1.165) is 12.8 Å². The molecular weight excluding hydrogens is 350 g/mol. The lowest BCUT2D eigenvalue weighted by Crippen LogP contribution is -2.46. The third kappa shape index (κ3) is 15.9. The van der Waals surface area contributed by atoms with Crippen LogP contribution in [0.4, 0.5) is 0 Å². The Hall–Kier alpha value is -0.360. The molecule has 0 radical (unpaired) electrons. The summed E-state index contributed by atoms with van der Waals surface area (Å²) in [7, 11) is 0. The lowest BCUT2D eigenvalue weighted by molar-refractivity contribution is -0.143. The fraction of sp³-hybridized carbons (Fsp3) is 0.950. The second-order valence-corrected chi connectivity index (χ2v) is 7.15. The highest BCUT2D eigenvalue weighted by Gasteiger charge is 2.23. The van der Waals surface area contributed by atoms with E-state index >= 15 is 0 Å². The van der Waals surface area contributed by atoms with Crippen LogP contribution in [0.15, 0.2) is 0 Å². The number of rotatable bonds is 19. The number of carbonyl (C=O) groups is 1. The monoisotopic (exact) mass is 393 g/mol. The van der Waals surface area contributed by atoms with Crippen LogP contribution < -0.4 is 11.5 Å². The van der Waals surface area contributed by atoms with Crippen LogP contribution in [0.2, 0.25) is 0 Å². The molecular formula is C20H44ClN3O2. The van der Waals surface area contributed by atoms with E-state index in [2.05, 4.69) is 6.92 Å². The first-order valence-corrected chi connectivity index (χ1v) is 10.5. The summed E-state index contributed by atoms with van der Waals surface area (Å²) in [6, 6.07) is -0.435. The third-order valence-electron chi connectivity index (χ3n) is 4.89. The van der Waals surface area contributed by atoms with Crippen LogP contribution >= 0.6 is 12.4 Å². The van der Waals surface area contributed by atoms with E-state index in [9.17, 15) is 9.90 Å². The normalized spacial score (nSPS) is 12.2. The minimum Gasteiger partial charge on any atom is -0.480 e. The number of nitrogens with zero attached hydrogens (tertiary/aromatic N) is 1. The van der Waals surface area contributed by atoms with E-state index < -0.39 is 12.0 Å². The summed E-state index contributed by atoms with van der Waals surface area (Å²) >= 11 is 0. The van der Waals surface area contributed by atoms with Crippen molar-refractivity contribution in [3.05, 3.63) is 0 Å². The van der Waals surface area contributed by atoms with Crippen molar-refractivity contribution < 1.29 is 9.90 Å². The van der Waals surface area contributed by atoms with E-state index in [1.54, 1.807) is 0 Å². The van der Waals surface area contributed by atoms with Gasteiger partial charge in [-0.05, 0) is 6.42 Å². The molecule has 158 valence electrons. The number of hydrogen-bond donors (Lipinski definition) is 3. The van der Waals surface area contributed by atoms with Gasteiger partial charge in [0.05, 0.1) is 0 Å². The molecule has 1 atom stereocenters. The van der Waals surface area contributed by atoms with Crippen LogP contribution in [0.3, 0.4) is 0 Å². The largest absolute Gasteiger partial charge is 0.480 e. The highest BCUT2D eigenvalue weighted by atomic mass is 35.5. The predicted octanol–water partition coefficient (Wildman–Crippen LogP) is 4.17. The van der Waals surface area contributed by atoms with E-state index in [0.29, 0.717) is 32.6 Å². The van der Waals surface area contributed by atoms with Gasteiger partial charge in [-0.1, -0.05) is 84.0 Å². The van der Waals surface area contributed by atoms with Gasteiger partial charge in [0.15, 0.2) is 0 Å². The molecule has 0 fully saturated rings. The van der Waals surface area contributed by atoms with E-state index in [1.807, 2.05) is 4.90 Å². The maximum atomic E-state index is 11.5. The number of unbranched alkanes of at least 4 members (excludes halogenated alkanes) is 11. The molecule has 0 amide bonds. The SMILES string of the molecule is CCCCCCCCCCCCCCC(C(=O)O)N(CCN)CCN.Cl. The molecule has 0 aliphatic carbocycles. The van der Waals surface area contributed by atoms with E-state index in [4.69, 9.17) is 11.5 Å². The van der Waals surface area contributed by atoms with Crippen LogP contribution in [0.25, 0.3) is 0 Å². The van der Waals surface area contributed by atoms with Crippen molar-refractivity contribution in [1.82, 2.24) is 4.90 Å². The Morgan fingerprint density at radius 3 is 1.54 bits per heavy atom. The Kier molecular flexibility index (Phi) is 22.4. The highest BCUT2D eigenvalue weighted by Crippen LogP contribution is 2.14. The molecule has 0 aromatic carbocycles. The topological polar surface area (TPSA) is 92.6 Å². The Labute approximate surface area is 167 Å². The standard InChI is InChI=1S/C20H43N3O2.ClH/c1-2-3-4-5-6-7-8-9-10-11-12-13-14-19(20(24)25)23(17-15-21)18-16-22;/h19H,2-18,21-22H2,1H3,(H,24,25);1H. The van der Waals surface area contributed by atoms with Crippen molar-refractivity contribution in [2.45, 2.75) is 96.4 Å². The minimum absolute atomic E-state index is 0. The quantitative estimate of drug-likeness (QED) is 0.286. The van der Waals surface area contributed by atoms with Gasteiger partial charge in [-0.25, -0.2) is 0 Å². The molecule has 26 heavy (non-hydrogen) atoms. The lowest BCUT2D eigenvalue weighted by Gasteiger charge is -2.27. The van der Waals surface area contributed by atoms with Gasteiger partial charge in [0.1, 0.15) is 6.04 Å². The average Bonchev–Trinajstić information content (AvgIpc) is 2.59. The summed E-state index contributed by atoms with van der Waals surface area (Å²) in [5.74, 6) is -0.745. The average molecular weight is 394 g/mol. The summed E-state index contributed by atoms with van der Waals surface area (Å²) < 4.78 is 0. The number of nitrogens with two attached hydrogens (primary N) is 2. The van der Waals surface area contributed by atoms with Crippen molar-refractivity contribution in [2.75, 3.05) is 26.2 Å². The molecule has 0 heterocycles. The van der Waals surface area contributed by atoms with Gasteiger partial charge in [0.2, 0.25) is 0 Å². The fourth-order valence-corrected chi connectivity index (χ4v) is 3.40. The Balaban J connectivity index is 0. The molecule has 0 saturated carbocycles. The molecule has 0 aromatic heterocycles. The maximum absolute atomic E-state index is 11.5. The van der Waals surface area contributed by atoms with Crippen LogP contribution in [-0.4, -0.2) is 48.2 Å². The van der Waals surface area contributed by atoms with Gasteiger partial charge in [0.25, 0.3) is 0 Å². The van der Waals surface area contributed by atoms with Gasteiger partial charge in [-0.2, -0.15) is 0 Å². The van der Waals surface area contributed by atoms with E-state index in [1.165, 1.54) is 64.2 Å². The number of carboxylic acid groups (broad SMARTS) is 1. The Morgan fingerprint density at radius 2 is 1.19 bits per heavy atom. The molecule has 0 aliphatic rings. The fourth-order valence-electron chi connectivity index (χ4n) is 3.40. The number of aliphatic carboxylic acids is 1. The number of hydrogen-bond acceptors (Lipinski definition) is 4. The molecule has 0 aromatic rings. The Morgan fingerprint density at radius 1 is 0.808 bits per heavy atom. The van der Waals surface area contributed by atoms with E-state index in [-0.39, 0.29) is 12.4 Å². The van der Waals surface area contributed by atoms with Gasteiger partial charge in [-0.15, -0.1) is 12.4 Å². The van der Waals surface area contributed by atoms with Gasteiger partial charge in [0, 0.05) is 26.2 Å². The van der Waals surface area contributed by atoms with Crippen LogP contribution in [0.1, 0.15) is 90.4 Å². The Bertz CT molecular complexity index is 301. The van der Waals surface area contributed by atoms with Gasteiger partial charge in [-0.3, -0.25) is 9.69 Å². The summed E-state index contributed by atoms with van der Waals surface area (Å²) in [6.07, 6.45) is 16.2. The summed E-state index contributed by atoms with van der Waals surface area (Å²) in [5, 5.41) is 9.45. The first-order chi connectivity index (χ1) is 12.2. The lowest BCUT2D eigenvalue weighted by atomic mass is 10.0. The maximum Gasteiger partial charge on any atom is 0.320 e. The second kappa shape index (κ2) is 20.9. The predicted molar refractivity (Wildman–Crippen MR) is 114 cm³/mol. The molecule has 0 rings (SSSR count). The van der Waals surface area contributed by atoms with Crippen molar-refractivity contribution in [1.29, 1.82) is 0 Å². The molecule has 0 saturated heterocycles.